The maximum absolute atomic E-state index is 13.3. The fourth-order valence-corrected chi connectivity index (χ4v) is 3.70. The molecule has 0 saturated carbocycles. The lowest BCUT2D eigenvalue weighted by molar-refractivity contribution is -0.286. The van der Waals surface area contributed by atoms with Gasteiger partial charge >= 0.3 is 6.29 Å². The molecule has 11 heteroatoms. The van der Waals surface area contributed by atoms with Crippen molar-refractivity contribution in [2.75, 3.05) is 11.1 Å². The van der Waals surface area contributed by atoms with Crippen molar-refractivity contribution in [3.8, 4) is 23.3 Å². The molecule has 7 nitrogen and oxygen atoms in total. The van der Waals surface area contributed by atoms with Crippen LogP contribution in [0.25, 0.3) is 0 Å². The smallest absolute Gasteiger partial charge is 0.471 e. The number of hydrogen-bond acceptors (Lipinski definition) is 7. The number of rotatable bonds is 6. The quantitative estimate of drug-likeness (QED) is 0.545. The predicted octanol–water partition coefficient (Wildman–Crippen LogP) is 5.21. The molecule has 0 spiro atoms. The van der Waals surface area contributed by atoms with E-state index in [4.69, 9.17) is 10.00 Å². The van der Waals surface area contributed by atoms with Gasteiger partial charge in [0, 0.05) is 21.5 Å². The standard InChI is InChI=1S/C19H16BrF2N3O4S/c1-4-30-15-5-10(27-18(2,3)9-23)8-24-16(15)17(26)25-12-7-14-13(6-11(12)20)28-19(21,22)29-14/h5-8H,4H2,1-3H3,(H,25,26). The van der Waals surface area contributed by atoms with Crippen LogP contribution >= 0.6 is 27.7 Å². The average molecular weight is 500 g/mol. The fourth-order valence-electron chi connectivity index (χ4n) is 2.48. The monoisotopic (exact) mass is 499 g/mol. The SMILES string of the molecule is CCSc1cc(OC(C)(C)C#N)cnc1C(=O)Nc1cc2c(cc1Br)OC(F)(F)O2. The van der Waals surface area contributed by atoms with Crippen LogP contribution in [0.5, 0.6) is 17.2 Å². The number of nitriles is 1. The maximum Gasteiger partial charge on any atom is 0.586 e. The van der Waals surface area contributed by atoms with E-state index in [9.17, 15) is 13.6 Å². The van der Waals surface area contributed by atoms with Gasteiger partial charge in [-0.25, -0.2) is 4.98 Å². The number of nitrogens with one attached hydrogen (secondary N) is 1. The number of amides is 1. The highest BCUT2D eigenvalue weighted by molar-refractivity contribution is 9.10. The Balaban J connectivity index is 1.86. The first-order chi connectivity index (χ1) is 14.0. The zero-order valence-corrected chi connectivity index (χ0v) is 18.5. The molecular formula is C19H16BrF2N3O4S. The summed E-state index contributed by atoms with van der Waals surface area (Å²) < 4.78 is 41.2. The molecular weight excluding hydrogens is 484 g/mol. The first-order valence-corrected chi connectivity index (χ1v) is 10.5. The number of benzene rings is 1. The second-order valence-electron chi connectivity index (χ2n) is 6.58. The third-order valence-corrected chi connectivity index (χ3v) is 5.29. The summed E-state index contributed by atoms with van der Waals surface area (Å²) in [6.45, 7) is 5.13. The van der Waals surface area contributed by atoms with Crippen molar-refractivity contribution in [2.24, 2.45) is 0 Å². The highest BCUT2D eigenvalue weighted by atomic mass is 79.9. The van der Waals surface area contributed by atoms with E-state index in [0.29, 0.717) is 20.9 Å². The van der Waals surface area contributed by atoms with E-state index in [1.165, 1.54) is 30.1 Å². The summed E-state index contributed by atoms with van der Waals surface area (Å²) in [7, 11) is 0. The van der Waals surface area contributed by atoms with E-state index < -0.39 is 17.8 Å². The van der Waals surface area contributed by atoms with Gasteiger partial charge < -0.3 is 19.5 Å². The Hall–Kier alpha value is -2.58. The number of hydrogen-bond donors (Lipinski definition) is 1. The number of alkyl halides is 2. The van der Waals surface area contributed by atoms with E-state index in [-0.39, 0.29) is 22.9 Å². The summed E-state index contributed by atoms with van der Waals surface area (Å²) in [5.41, 5.74) is -0.724. The lowest BCUT2D eigenvalue weighted by Gasteiger charge is -2.19. The molecule has 1 amide bonds. The molecule has 0 radical (unpaired) electrons. The van der Waals surface area contributed by atoms with Crippen LogP contribution in [0.4, 0.5) is 14.5 Å². The Bertz CT molecular complexity index is 1040. The summed E-state index contributed by atoms with van der Waals surface area (Å²) in [5.74, 6) is 0.114. The minimum absolute atomic E-state index is 0.124. The summed E-state index contributed by atoms with van der Waals surface area (Å²) in [6, 6.07) is 6.17. The normalized spacial score (nSPS) is 14.2. The van der Waals surface area contributed by atoms with Gasteiger partial charge in [0.15, 0.2) is 17.1 Å². The van der Waals surface area contributed by atoms with Crippen LogP contribution in [-0.2, 0) is 0 Å². The van der Waals surface area contributed by atoms with Crippen molar-refractivity contribution in [3.63, 3.8) is 0 Å². The van der Waals surface area contributed by atoms with Crippen molar-refractivity contribution < 1.29 is 27.8 Å². The second kappa shape index (κ2) is 8.28. The summed E-state index contributed by atoms with van der Waals surface area (Å²) in [6.07, 6.45) is -2.41. The molecule has 0 saturated heterocycles. The number of halogens is 3. The van der Waals surface area contributed by atoms with Gasteiger partial charge in [-0.3, -0.25) is 4.79 Å². The van der Waals surface area contributed by atoms with Crippen molar-refractivity contribution in [2.45, 2.75) is 37.6 Å². The summed E-state index contributed by atoms with van der Waals surface area (Å²) >= 11 is 4.59. The summed E-state index contributed by atoms with van der Waals surface area (Å²) in [4.78, 5) is 17.5. The molecule has 30 heavy (non-hydrogen) atoms. The molecule has 0 bridgehead atoms. The van der Waals surface area contributed by atoms with Crippen LogP contribution in [0.3, 0.4) is 0 Å². The Kier molecular flexibility index (Phi) is 6.10. The van der Waals surface area contributed by atoms with Crippen molar-refractivity contribution >= 4 is 39.3 Å². The first kappa shape index (κ1) is 22.1. The minimum atomic E-state index is -3.76. The molecule has 1 N–H and O–H groups in total. The third-order valence-electron chi connectivity index (χ3n) is 3.72. The number of carbonyl (C=O) groups excluding carboxylic acids is 1. The molecule has 3 rings (SSSR count). The number of aromatic nitrogens is 1. The Morgan fingerprint density at radius 2 is 2.03 bits per heavy atom. The molecule has 0 unspecified atom stereocenters. The third kappa shape index (κ3) is 4.94. The Labute approximate surface area is 183 Å². The van der Waals surface area contributed by atoms with Gasteiger partial charge in [0.2, 0.25) is 0 Å². The van der Waals surface area contributed by atoms with Gasteiger partial charge in [-0.15, -0.1) is 20.5 Å². The molecule has 1 aromatic heterocycles. The van der Waals surface area contributed by atoms with Gasteiger partial charge in [0.1, 0.15) is 17.5 Å². The van der Waals surface area contributed by atoms with Crippen LogP contribution in [0.2, 0.25) is 0 Å². The highest BCUT2D eigenvalue weighted by Gasteiger charge is 2.43. The van der Waals surface area contributed by atoms with Gasteiger partial charge in [-0.05, 0) is 41.6 Å². The maximum atomic E-state index is 13.3. The van der Waals surface area contributed by atoms with E-state index in [2.05, 4.69) is 35.7 Å². The average Bonchev–Trinajstić information content (AvgIpc) is 2.95. The number of nitrogens with zero attached hydrogens (tertiary/aromatic N) is 2. The van der Waals surface area contributed by atoms with Gasteiger partial charge in [0.05, 0.1) is 11.9 Å². The molecule has 2 heterocycles. The van der Waals surface area contributed by atoms with Gasteiger partial charge in [0.25, 0.3) is 5.91 Å². The molecule has 1 aromatic carbocycles. The molecule has 1 aliphatic heterocycles. The molecule has 1 aliphatic rings. The minimum Gasteiger partial charge on any atom is -0.471 e. The first-order valence-electron chi connectivity index (χ1n) is 8.67. The lowest BCUT2D eigenvalue weighted by Crippen LogP contribution is -2.26. The van der Waals surface area contributed by atoms with Crippen LogP contribution < -0.4 is 19.5 Å². The number of carbonyl (C=O) groups is 1. The van der Waals surface area contributed by atoms with Crippen molar-refractivity contribution in [1.29, 1.82) is 5.26 Å². The van der Waals surface area contributed by atoms with Crippen molar-refractivity contribution in [3.05, 3.63) is 34.6 Å². The molecule has 0 aliphatic carbocycles. The Morgan fingerprint density at radius 3 is 2.67 bits per heavy atom. The van der Waals surface area contributed by atoms with Gasteiger partial charge in [-0.1, -0.05) is 6.92 Å². The molecule has 158 valence electrons. The van der Waals surface area contributed by atoms with Crippen LogP contribution in [-0.4, -0.2) is 28.5 Å². The van der Waals surface area contributed by atoms with E-state index in [1.54, 1.807) is 19.9 Å². The number of fused-ring (bicyclic) bond motifs is 1. The lowest BCUT2D eigenvalue weighted by atomic mass is 10.2. The van der Waals surface area contributed by atoms with Crippen LogP contribution in [0.15, 0.2) is 33.8 Å². The summed E-state index contributed by atoms with van der Waals surface area (Å²) in [5, 5.41) is 11.8. The second-order valence-corrected chi connectivity index (χ2v) is 8.74. The molecule has 0 atom stereocenters. The van der Waals surface area contributed by atoms with E-state index >= 15 is 0 Å². The zero-order chi connectivity index (χ0) is 22.1. The van der Waals surface area contributed by atoms with E-state index in [0.717, 1.165) is 0 Å². The Morgan fingerprint density at radius 1 is 1.37 bits per heavy atom. The van der Waals surface area contributed by atoms with E-state index in [1.807, 2.05) is 13.0 Å². The fraction of sp³-hybridized carbons (Fsp3) is 0.316. The topological polar surface area (TPSA) is 93.5 Å². The number of pyridine rings is 1. The van der Waals surface area contributed by atoms with Crippen molar-refractivity contribution in [1.82, 2.24) is 4.98 Å². The number of thioether (sulfide) groups is 1. The number of ether oxygens (including phenoxy) is 3. The number of anilines is 1. The predicted molar refractivity (Wildman–Crippen MR) is 109 cm³/mol. The van der Waals surface area contributed by atoms with Gasteiger partial charge in [-0.2, -0.15) is 5.26 Å². The molecule has 2 aromatic rings. The largest absolute Gasteiger partial charge is 0.586 e. The zero-order valence-electron chi connectivity index (χ0n) is 16.1. The highest BCUT2D eigenvalue weighted by Crippen LogP contribution is 2.45. The molecule has 0 fully saturated rings. The van der Waals surface area contributed by atoms with Crippen LogP contribution in [0.1, 0.15) is 31.3 Å². The van der Waals surface area contributed by atoms with Crippen LogP contribution in [0, 0.1) is 11.3 Å².